The summed E-state index contributed by atoms with van der Waals surface area (Å²) in [5.74, 6) is -0.653. The van der Waals surface area contributed by atoms with Gasteiger partial charge in [-0.05, 0) is 22.8 Å². The number of nitrogens with zero attached hydrogens (tertiary/aromatic N) is 1. The van der Waals surface area contributed by atoms with Crippen LogP contribution in [0, 0.1) is 0 Å². The fourth-order valence-electron chi connectivity index (χ4n) is 4.52. The molecular formula is C31H28N2O4S. The summed E-state index contributed by atoms with van der Waals surface area (Å²) in [5.41, 5.74) is 4.13. The maximum absolute atomic E-state index is 14.2. The normalized spacial score (nSPS) is 14.2. The summed E-state index contributed by atoms with van der Waals surface area (Å²) < 4.78 is 35.3. The van der Waals surface area contributed by atoms with Crippen molar-refractivity contribution in [2.45, 2.75) is 13.2 Å². The minimum Gasteiger partial charge on any atom is -0.375 e. The molecule has 1 aliphatic heterocycles. The molecule has 38 heavy (non-hydrogen) atoms. The fourth-order valence-corrected chi connectivity index (χ4v) is 6.27. The molecule has 0 fully saturated rings. The van der Waals surface area contributed by atoms with Gasteiger partial charge in [0.2, 0.25) is 0 Å². The summed E-state index contributed by atoms with van der Waals surface area (Å²) in [4.78, 5) is 13.3. The number of nitrogens with one attached hydrogen (secondary N) is 1. The first-order valence-corrected chi connectivity index (χ1v) is 13.9. The van der Waals surface area contributed by atoms with Crippen LogP contribution in [0.25, 0.3) is 5.57 Å². The molecule has 0 radical (unpaired) electrons. The Hall–Kier alpha value is -4.20. The number of rotatable bonds is 9. The van der Waals surface area contributed by atoms with E-state index in [4.69, 9.17) is 4.74 Å². The van der Waals surface area contributed by atoms with Crippen LogP contribution in [0.4, 0.5) is 5.69 Å². The van der Waals surface area contributed by atoms with Crippen molar-refractivity contribution >= 4 is 27.2 Å². The predicted molar refractivity (Wildman–Crippen MR) is 150 cm³/mol. The van der Waals surface area contributed by atoms with Crippen molar-refractivity contribution in [3.05, 3.63) is 142 Å². The van der Waals surface area contributed by atoms with Gasteiger partial charge in [-0.1, -0.05) is 109 Å². The van der Waals surface area contributed by atoms with E-state index in [0.29, 0.717) is 29.0 Å². The number of hydrogen-bond donors (Lipinski definition) is 1. The maximum atomic E-state index is 14.2. The van der Waals surface area contributed by atoms with Crippen molar-refractivity contribution in [1.82, 2.24) is 5.32 Å². The van der Waals surface area contributed by atoms with Gasteiger partial charge in [-0.3, -0.25) is 9.10 Å². The topological polar surface area (TPSA) is 75.7 Å². The summed E-state index contributed by atoms with van der Waals surface area (Å²) in [5, 5.41) is 2.78. The lowest BCUT2D eigenvalue weighted by molar-refractivity contribution is -0.117. The van der Waals surface area contributed by atoms with Gasteiger partial charge in [0, 0.05) is 17.7 Å². The number of para-hydroxylation sites is 1. The Balaban J connectivity index is 1.48. The molecule has 0 aliphatic carbocycles. The van der Waals surface area contributed by atoms with E-state index in [-0.39, 0.29) is 24.6 Å². The van der Waals surface area contributed by atoms with Crippen molar-refractivity contribution in [1.29, 1.82) is 0 Å². The van der Waals surface area contributed by atoms with Gasteiger partial charge in [0.25, 0.3) is 15.9 Å². The molecule has 0 aromatic heterocycles. The zero-order valence-corrected chi connectivity index (χ0v) is 21.6. The number of benzene rings is 4. The zero-order valence-electron chi connectivity index (χ0n) is 20.8. The molecule has 0 atom stereocenters. The first kappa shape index (κ1) is 25.4. The van der Waals surface area contributed by atoms with Gasteiger partial charge in [-0.2, -0.15) is 0 Å². The highest BCUT2D eigenvalue weighted by atomic mass is 32.2. The van der Waals surface area contributed by atoms with Gasteiger partial charge in [0.05, 0.1) is 25.4 Å². The lowest BCUT2D eigenvalue weighted by Crippen LogP contribution is -2.41. The van der Waals surface area contributed by atoms with Crippen LogP contribution in [0.3, 0.4) is 0 Å². The molecule has 5 rings (SSSR count). The number of hydrogen-bond acceptors (Lipinski definition) is 4. The highest BCUT2D eigenvalue weighted by Gasteiger charge is 2.41. The number of amides is 1. The fraction of sp³-hybridized carbons (Fsp3) is 0.129. The second-order valence-electron chi connectivity index (χ2n) is 8.88. The molecule has 1 N–H and O–H groups in total. The third-order valence-electron chi connectivity index (χ3n) is 6.30. The summed E-state index contributed by atoms with van der Waals surface area (Å²) in [6, 6.07) is 35.6. The van der Waals surface area contributed by atoms with Gasteiger partial charge in [0.15, 0.2) is 4.91 Å². The summed E-state index contributed by atoms with van der Waals surface area (Å²) in [7, 11) is -4.20. The number of fused-ring (bicyclic) bond motifs is 1. The van der Waals surface area contributed by atoms with Gasteiger partial charge in [0.1, 0.15) is 0 Å². The smallest absolute Gasteiger partial charge is 0.270 e. The third-order valence-corrected chi connectivity index (χ3v) is 8.11. The van der Waals surface area contributed by atoms with Crippen LogP contribution in [-0.2, 0) is 32.7 Å². The molecule has 0 spiro atoms. The Labute approximate surface area is 223 Å². The minimum atomic E-state index is -4.20. The molecule has 0 saturated heterocycles. The first-order chi connectivity index (χ1) is 18.6. The van der Waals surface area contributed by atoms with Gasteiger partial charge < -0.3 is 10.1 Å². The van der Waals surface area contributed by atoms with Crippen LogP contribution >= 0.6 is 0 Å². The van der Waals surface area contributed by atoms with E-state index >= 15 is 0 Å². The quantitative estimate of drug-likeness (QED) is 0.308. The summed E-state index contributed by atoms with van der Waals surface area (Å²) >= 11 is 0. The Morgan fingerprint density at radius 2 is 1.32 bits per heavy atom. The van der Waals surface area contributed by atoms with Crippen molar-refractivity contribution in [2.24, 2.45) is 0 Å². The number of carbonyl (C=O) groups is 1. The molecule has 0 saturated carbocycles. The number of anilines is 1. The van der Waals surface area contributed by atoms with Crippen molar-refractivity contribution in [3.8, 4) is 0 Å². The van der Waals surface area contributed by atoms with Crippen molar-refractivity contribution in [3.63, 3.8) is 0 Å². The van der Waals surface area contributed by atoms with Crippen molar-refractivity contribution < 1.29 is 17.9 Å². The largest absolute Gasteiger partial charge is 0.375 e. The Morgan fingerprint density at radius 3 is 2.00 bits per heavy atom. The molecule has 1 amide bonds. The van der Waals surface area contributed by atoms with E-state index in [9.17, 15) is 13.2 Å². The van der Waals surface area contributed by atoms with Gasteiger partial charge in [-0.25, -0.2) is 8.42 Å². The van der Waals surface area contributed by atoms with Crippen LogP contribution < -0.4 is 9.62 Å². The molecule has 4 aromatic carbocycles. The van der Waals surface area contributed by atoms with Crippen LogP contribution in [0.2, 0.25) is 0 Å². The van der Waals surface area contributed by atoms with E-state index in [1.54, 1.807) is 6.07 Å². The Morgan fingerprint density at radius 1 is 0.737 bits per heavy atom. The second kappa shape index (κ2) is 11.5. The van der Waals surface area contributed by atoms with Crippen LogP contribution in [0.5, 0.6) is 0 Å². The summed E-state index contributed by atoms with van der Waals surface area (Å²) in [6.07, 6.45) is 0. The predicted octanol–water partition coefficient (Wildman–Crippen LogP) is 5.13. The molecule has 7 heteroatoms. The molecular weight excluding hydrogens is 496 g/mol. The molecule has 0 unspecified atom stereocenters. The van der Waals surface area contributed by atoms with Crippen LogP contribution in [0.1, 0.15) is 22.3 Å². The van der Waals surface area contributed by atoms with Crippen LogP contribution in [-0.4, -0.2) is 27.5 Å². The molecule has 1 heterocycles. The standard InChI is InChI=1S/C31H28N2O4S/c34-31(32-20-21-37-23-25-14-6-2-7-15-25)30-29(26-16-8-3-9-17-26)27-18-10-11-19-28(27)33(38(30,35)36)22-24-12-4-1-5-13-24/h1-19H,20-23H2,(H,32,34). The number of ether oxygens (including phenoxy) is 1. The van der Waals surface area contributed by atoms with E-state index < -0.39 is 15.9 Å². The average molecular weight is 525 g/mol. The SMILES string of the molecule is O=C(NCCOCc1ccccc1)C1=C(c2ccccc2)c2ccccc2N(Cc2ccccc2)S1(=O)=O. The molecule has 0 bridgehead atoms. The lowest BCUT2D eigenvalue weighted by Gasteiger charge is -2.33. The first-order valence-electron chi connectivity index (χ1n) is 12.4. The highest BCUT2D eigenvalue weighted by molar-refractivity contribution is 7.97. The van der Waals surface area contributed by atoms with E-state index in [0.717, 1.165) is 11.1 Å². The van der Waals surface area contributed by atoms with E-state index in [1.165, 1.54) is 4.31 Å². The maximum Gasteiger partial charge on any atom is 0.270 e. The molecule has 1 aliphatic rings. The van der Waals surface area contributed by atoms with E-state index in [2.05, 4.69) is 5.32 Å². The highest BCUT2D eigenvalue weighted by Crippen LogP contribution is 2.43. The van der Waals surface area contributed by atoms with E-state index in [1.807, 2.05) is 109 Å². The lowest BCUT2D eigenvalue weighted by atomic mass is 9.95. The monoisotopic (exact) mass is 524 g/mol. The zero-order chi connectivity index (χ0) is 26.4. The number of carbonyl (C=O) groups excluding carboxylic acids is 1. The average Bonchev–Trinajstić information content (AvgIpc) is 2.95. The van der Waals surface area contributed by atoms with Crippen LogP contribution in [0.15, 0.2) is 120 Å². The third kappa shape index (κ3) is 5.39. The number of sulfonamides is 1. The second-order valence-corrected chi connectivity index (χ2v) is 10.7. The molecule has 6 nitrogen and oxygen atoms in total. The minimum absolute atomic E-state index is 0.110. The summed E-state index contributed by atoms with van der Waals surface area (Å²) in [6.45, 7) is 0.941. The molecule has 192 valence electrons. The van der Waals surface area contributed by atoms with Crippen molar-refractivity contribution in [2.75, 3.05) is 17.5 Å². The Kier molecular flexibility index (Phi) is 7.67. The molecule has 4 aromatic rings. The van der Waals surface area contributed by atoms with Gasteiger partial charge >= 0.3 is 0 Å². The van der Waals surface area contributed by atoms with Gasteiger partial charge in [-0.15, -0.1) is 0 Å². The Bertz CT molecular complexity index is 1540.